The summed E-state index contributed by atoms with van der Waals surface area (Å²) in [5.41, 5.74) is 1.78. The third-order valence-electron chi connectivity index (χ3n) is 4.02. The molecule has 0 amide bonds. The molecule has 0 saturated carbocycles. The molecule has 142 valence electrons. The zero-order valence-corrected chi connectivity index (χ0v) is 15.6. The Hall–Kier alpha value is -2.35. The number of likely N-dealkylation sites (N-methyl/N-ethyl adjacent to an activating group) is 1. The van der Waals surface area contributed by atoms with Crippen molar-refractivity contribution in [2.24, 2.45) is 0 Å². The minimum Gasteiger partial charge on any atom is -0.493 e. The van der Waals surface area contributed by atoms with E-state index in [1.807, 2.05) is 30.1 Å². The molecule has 0 bridgehead atoms. The second-order valence-electron chi connectivity index (χ2n) is 5.66. The van der Waals surface area contributed by atoms with Crippen molar-refractivity contribution in [2.75, 3.05) is 32.7 Å². The Labute approximate surface area is 152 Å². The SMILES string of the molecule is COc1ccc(CCN(C)c2ccc(S(=O)(=O)C(F)F)cc2)cc1OC. The second kappa shape index (κ2) is 8.35. The van der Waals surface area contributed by atoms with Gasteiger partial charge in [0.1, 0.15) is 0 Å². The fraction of sp³-hybridized carbons (Fsp3) is 0.333. The van der Waals surface area contributed by atoms with Crippen molar-refractivity contribution >= 4 is 15.5 Å². The number of hydrogen-bond acceptors (Lipinski definition) is 5. The van der Waals surface area contributed by atoms with Gasteiger partial charge in [-0.15, -0.1) is 0 Å². The Morgan fingerprint density at radius 2 is 1.62 bits per heavy atom. The molecule has 0 unspecified atom stereocenters. The molecule has 0 radical (unpaired) electrons. The van der Waals surface area contributed by atoms with Crippen LogP contribution in [0.3, 0.4) is 0 Å². The monoisotopic (exact) mass is 385 g/mol. The maximum absolute atomic E-state index is 12.6. The predicted octanol–water partition coefficient (Wildman–Crippen LogP) is 3.38. The number of halogens is 2. The summed E-state index contributed by atoms with van der Waals surface area (Å²) in [7, 11) is 0.423. The van der Waals surface area contributed by atoms with Crippen LogP contribution in [0.2, 0.25) is 0 Å². The van der Waals surface area contributed by atoms with Crippen LogP contribution in [-0.4, -0.2) is 42.0 Å². The summed E-state index contributed by atoms with van der Waals surface area (Å²) < 4.78 is 58.5. The zero-order chi connectivity index (χ0) is 19.3. The molecule has 0 N–H and O–H groups in total. The van der Waals surface area contributed by atoms with E-state index in [0.717, 1.165) is 11.3 Å². The van der Waals surface area contributed by atoms with Crippen molar-refractivity contribution < 1.29 is 26.7 Å². The van der Waals surface area contributed by atoms with Gasteiger partial charge >= 0.3 is 5.76 Å². The number of hydrogen-bond donors (Lipinski definition) is 0. The van der Waals surface area contributed by atoms with Gasteiger partial charge in [-0.25, -0.2) is 8.42 Å². The van der Waals surface area contributed by atoms with Crippen molar-refractivity contribution in [3.8, 4) is 11.5 Å². The van der Waals surface area contributed by atoms with E-state index in [1.54, 1.807) is 14.2 Å². The molecule has 2 aromatic carbocycles. The van der Waals surface area contributed by atoms with E-state index in [2.05, 4.69) is 0 Å². The van der Waals surface area contributed by atoms with E-state index in [4.69, 9.17) is 9.47 Å². The quantitative estimate of drug-likeness (QED) is 0.697. The normalized spacial score (nSPS) is 11.5. The number of nitrogens with zero attached hydrogens (tertiary/aromatic N) is 1. The van der Waals surface area contributed by atoms with Gasteiger partial charge in [0.25, 0.3) is 0 Å². The lowest BCUT2D eigenvalue weighted by Gasteiger charge is -2.20. The molecule has 0 saturated heterocycles. The number of sulfone groups is 1. The summed E-state index contributed by atoms with van der Waals surface area (Å²) in [6.07, 6.45) is 0.716. The fourth-order valence-electron chi connectivity index (χ4n) is 2.46. The van der Waals surface area contributed by atoms with Crippen LogP contribution in [0.15, 0.2) is 47.4 Å². The van der Waals surface area contributed by atoms with Gasteiger partial charge in [0, 0.05) is 19.3 Å². The Bertz CT molecular complexity index is 839. The molecule has 26 heavy (non-hydrogen) atoms. The summed E-state index contributed by atoms with van der Waals surface area (Å²) in [4.78, 5) is 1.53. The lowest BCUT2D eigenvalue weighted by Crippen LogP contribution is -2.20. The number of methoxy groups -OCH3 is 2. The molecule has 2 rings (SSSR count). The molecule has 0 aromatic heterocycles. The van der Waals surface area contributed by atoms with E-state index < -0.39 is 15.6 Å². The highest BCUT2D eigenvalue weighted by Gasteiger charge is 2.26. The van der Waals surface area contributed by atoms with E-state index in [-0.39, 0.29) is 4.90 Å². The number of benzene rings is 2. The molecule has 0 heterocycles. The summed E-state index contributed by atoms with van der Waals surface area (Å²) in [6.45, 7) is 0.649. The van der Waals surface area contributed by atoms with Crippen LogP contribution >= 0.6 is 0 Å². The minimum atomic E-state index is -4.57. The molecular weight excluding hydrogens is 364 g/mol. The Kier molecular flexibility index (Phi) is 6.42. The third-order valence-corrected chi connectivity index (χ3v) is 5.42. The number of alkyl halides is 2. The van der Waals surface area contributed by atoms with Gasteiger partial charge in [-0.2, -0.15) is 8.78 Å². The van der Waals surface area contributed by atoms with Crippen molar-refractivity contribution in [1.29, 1.82) is 0 Å². The molecule has 0 spiro atoms. The van der Waals surface area contributed by atoms with Gasteiger partial charge in [-0.3, -0.25) is 0 Å². The number of ether oxygens (including phenoxy) is 2. The van der Waals surface area contributed by atoms with Crippen LogP contribution in [0.5, 0.6) is 11.5 Å². The van der Waals surface area contributed by atoms with Gasteiger partial charge in [0.15, 0.2) is 11.5 Å². The van der Waals surface area contributed by atoms with Gasteiger partial charge < -0.3 is 14.4 Å². The van der Waals surface area contributed by atoms with Crippen molar-refractivity contribution in [1.82, 2.24) is 0 Å². The lowest BCUT2D eigenvalue weighted by molar-refractivity contribution is 0.234. The Morgan fingerprint density at radius 1 is 1.00 bits per heavy atom. The molecule has 0 fully saturated rings. The molecular formula is C18H21F2NO4S. The highest BCUT2D eigenvalue weighted by molar-refractivity contribution is 7.91. The third kappa shape index (κ3) is 4.43. The van der Waals surface area contributed by atoms with Gasteiger partial charge in [0.2, 0.25) is 9.84 Å². The molecule has 0 aliphatic carbocycles. The first kappa shape index (κ1) is 20.0. The summed E-state index contributed by atoms with van der Waals surface area (Å²) >= 11 is 0. The highest BCUT2D eigenvalue weighted by Crippen LogP contribution is 2.28. The number of rotatable bonds is 8. The van der Waals surface area contributed by atoms with Crippen LogP contribution in [0.4, 0.5) is 14.5 Å². The maximum Gasteiger partial charge on any atom is 0.341 e. The topological polar surface area (TPSA) is 55.8 Å². The van der Waals surface area contributed by atoms with Crippen LogP contribution in [-0.2, 0) is 16.3 Å². The Balaban J connectivity index is 2.05. The predicted molar refractivity (Wildman–Crippen MR) is 96.2 cm³/mol. The standard InChI is InChI=1S/C18H21F2NO4S/c1-21(11-10-13-4-9-16(24-2)17(12-13)25-3)14-5-7-15(8-6-14)26(22,23)18(19)20/h4-9,12,18H,10-11H2,1-3H3. The van der Waals surface area contributed by atoms with Crippen LogP contribution in [0, 0.1) is 0 Å². The highest BCUT2D eigenvalue weighted by atomic mass is 32.2. The van der Waals surface area contributed by atoms with Crippen LogP contribution in [0.1, 0.15) is 5.56 Å². The van der Waals surface area contributed by atoms with E-state index >= 15 is 0 Å². The minimum absolute atomic E-state index is 0.385. The Morgan fingerprint density at radius 3 is 2.15 bits per heavy atom. The second-order valence-corrected chi connectivity index (χ2v) is 7.58. The van der Waals surface area contributed by atoms with Crippen molar-refractivity contribution in [3.05, 3.63) is 48.0 Å². The van der Waals surface area contributed by atoms with E-state index in [9.17, 15) is 17.2 Å². The molecule has 8 heteroatoms. The summed E-state index contributed by atoms with van der Waals surface area (Å²) in [6, 6.07) is 11.1. The average Bonchev–Trinajstić information content (AvgIpc) is 2.65. The van der Waals surface area contributed by atoms with Crippen LogP contribution < -0.4 is 14.4 Å². The average molecular weight is 385 g/mol. The van der Waals surface area contributed by atoms with E-state index in [0.29, 0.717) is 24.5 Å². The van der Waals surface area contributed by atoms with Crippen molar-refractivity contribution in [3.63, 3.8) is 0 Å². The fourth-order valence-corrected chi connectivity index (χ4v) is 3.18. The number of anilines is 1. The van der Waals surface area contributed by atoms with Gasteiger partial charge in [0.05, 0.1) is 19.1 Å². The molecule has 0 atom stereocenters. The maximum atomic E-state index is 12.6. The van der Waals surface area contributed by atoms with Gasteiger partial charge in [-0.1, -0.05) is 6.07 Å². The first-order valence-corrected chi connectivity index (χ1v) is 9.38. The van der Waals surface area contributed by atoms with Gasteiger partial charge in [-0.05, 0) is 48.4 Å². The molecule has 5 nitrogen and oxygen atoms in total. The summed E-state index contributed by atoms with van der Waals surface area (Å²) in [5.74, 6) is -2.12. The zero-order valence-electron chi connectivity index (χ0n) is 14.8. The van der Waals surface area contributed by atoms with E-state index in [1.165, 1.54) is 24.3 Å². The smallest absolute Gasteiger partial charge is 0.341 e. The molecule has 2 aromatic rings. The largest absolute Gasteiger partial charge is 0.493 e. The van der Waals surface area contributed by atoms with Crippen LogP contribution in [0.25, 0.3) is 0 Å². The first-order valence-electron chi connectivity index (χ1n) is 7.83. The first-order chi connectivity index (χ1) is 12.3. The molecule has 0 aliphatic heterocycles. The summed E-state index contributed by atoms with van der Waals surface area (Å²) in [5, 5.41) is 0. The van der Waals surface area contributed by atoms with Crippen molar-refractivity contribution in [2.45, 2.75) is 17.1 Å². The lowest BCUT2D eigenvalue weighted by atomic mass is 10.1. The molecule has 0 aliphatic rings.